The summed E-state index contributed by atoms with van der Waals surface area (Å²) >= 11 is 0. The summed E-state index contributed by atoms with van der Waals surface area (Å²) in [6.07, 6.45) is 3.73. The third kappa shape index (κ3) is 5.55. The number of para-hydroxylation sites is 2. The Balaban J connectivity index is 2.11. The van der Waals surface area contributed by atoms with E-state index in [4.69, 9.17) is 0 Å². The monoisotopic (exact) mass is 334 g/mol. The quantitative estimate of drug-likeness (QED) is 0.826. The van der Waals surface area contributed by atoms with Crippen molar-refractivity contribution >= 4 is 33.4 Å². The van der Waals surface area contributed by atoms with Crippen LogP contribution in [0.25, 0.3) is 6.08 Å². The SMILES string of the molecule is CS(=O)(=O)Nc1ccccc1NC(=O)/C=C/c1cccc(F)c1. The van der Waals surface area contributed by atoms with E-state index in [2.05, 4.69) is 10.0 Å². The minimum Gasteiger partial charge on any atom is -0.321 e. The minimum atomic E-state index is -3.46. The summed E-state index contributed by atoms with van der Waals surface area (Å²) in [5.74, 6) is -0.854. The molecule has 0 radical (unpaired) electrons. The molecule has 7 heteroatoms. The highest BCUT2D eigenvalue weighted by Gasteiger charge is 2.08. The average molecular weight is 334 g/mol. The number of carbonyl (C=O) groups excluding carboxylic acids is 1. The maximum Gasteiger partial charge on any atom is 0.248 e. The van der Waals surface area contributed by atoms with E-state index in [1.54, 1.807) is 24.3 Å². The minimum absolute atomic E-state index is 0.266. The van der Waals surface area contributed by atoms with Gasteiger partial charge < -0.3 is 5.32 Å². The largest absolute Gasteiger partial charge is 0.321 e. The number of nitrogens with one attached hydrogen (secondary N) is 2. The lowest BCUT2D eigenvalue weighted by Crippen LogP contribution is -2.14. The zero-order valence-electron chi connectivity index (χ0n) is 12.3. The fraction of sp³-hybridized carbons (Fsp3) is 0.0625. The summed E-state index contributed by atoms with van der Waals surface area (Å²) in [5, 5.41) is 2.57. The molecule has 5 nitrogen and oxygen atoms in total. The summed E-state index contributed by atoms with van der Waals surface area (Å²) in [6.45, 7) is 0. The van der Waals surface area contributed by atoms with Crippen LogP contribution in [0.2, 0.25) is 0 Å². The van der Waals surface area contributed by atoms with Gasteiger partial charge in [-0.2, -0.15) is 0 Å². The predicted molar refractivity (Wildman–Crippen MR) is 89.0 cm³/mol. The van der Waals surface area contributed by atoms with Crippen LogP contribution in [0, 0.1) is 5.82 Å². The fourth-order valence-corrected chi connectivity index (χ4v) is 2.41. The summed E-state index contributed by atoms with van der Waals surface area (Å²) in [4.78, 5) is 11.9. The second-order valence-corrected chi connectivity index (χ2v) is 6.55. The van der Waals surface area contributed by atoms with Crippen LogP contribution in [0.15, 0.2) is 54.6 Å². The van der Waals surface area contributed by atoms with Crippen LogP contribution in [0.4, 0.5) is 15.8 Å². The molecule has 0 atom stereocenters. The molecule has 0 bridgehead atoms. The molecule has 120 valence electrons. The molecule has 0 unspecified atom stereocenters. The molecule has 0 saturated heterocycles. The van der Waals surface area contributed by atoms with Crippen molar-refractivity contribution in [1.82, 2.24) is 0 Å². The number of amides is 1. The zero-order chi connectivity index (χ0) is 16.9. The summed E-state index contributed by atoms with van der Waals surface area (Å²) in [5.41, 5.74) is 1.14. The number of sulfonamides is 1. The number of rotatable bonds is 5. The van der Waals surface area contributed by atoms with Crippen molar-refractivity contribution in [1.29, 1.82) is 0 Å². The van der Waals surface area contributed by atoms with E-state index in [0.29, 0.717) is 11.3 Å². The van der Waals surface area contributed by atoms with E-state index in [9.17, 15) is 17.6 Å². The highest BCUT2D eigenvalue weighted by molar-refractivity contribution is 7.92. The maximum atomic E-state index is 13.0. The van der Waals surface area contributed by atoms with Gasteiger partial charge >= 0.3 is 0 Å². The van der Waals surface area contributed by atoms with E-state index < -0.39 is 21.7 Å². The number of carbonyl (C=O) groups is 1. The van der Waals surface area contributed by atoms with E-state index >= 15 is 0 Å². The topological polar surface area (TPSA) is 75.3 Å². The van der Waals surface area contributed by atoms with Gasteiger partial charge in [0.15, 0.2) is 0 Å². The molecule has 2 aromatic carbocycles. The molecule has 2 rings (SSSR count). The Kier molecular flexibility index (Phi) is 5.13. The van der Waals surface area contributed by atoms with Gasteiger partial charge in [-0.3, -0.25) is 9.52 Å². The summed E-state index contributed by atoms with van der Waals surface area (Å²) < 4.78 is 38.0. The van der Waals surface area contributed by atoms with Crippen LogP contribution < -0.4 is 10.0 Å². The fourth-order valence-electron chi connectivity index (χ4n) is 1.84. The number of anilines is 2. The lowest BCUT2D eigenvalue weighted by molar-refractivity contribution is -0.111. The third-order valence-electron chi connectivity index (χ3n) is 2.76. The predicted octanol–water partition coefficient (Wildman–Crippen LogP) is 2.85. The number of benzene rings is 2. The second kappa shape index (κ2) is 7.06. The third-order valence-corrected chi connectivity index (χ3v) is 3.35. The molecule has 2 N–H and O–H groups in total. The van der Waals surface area contributed by atoms with Crippen molar-refractivity contribution in [2.45, 2.75) is 0 Å². The van der Waals surface area contributed by atoms with Crippen molar-refractivity contribution in [3.05, 3.63) is 66.0 Å². The lowest BCUT2D eigenvalue weighted by atomic mass is 10.2. The zero-order valence-corrected chi connectivity index (χ0v) is 13.1. The molecule has 0 aliphatic carbocycles. The van der Waals surface area contributed by atoms with Crippen LogP contribution in [-0.2, 0) is 14.8 Å². The van der Waals surface area contributed by atoms with Crippen LogP contribution in [-0.4, -0.2) is 20.6 Å². The van der Waals surface area contributed by atoms with Crippen molar-refractivity contribution in [3.8, 4) is 0 Å². The number of hydrogen-bond acceptors (Lipinski definition) is 3. The Morgan fingerprint density at radius 3 is 2.43 bits per heavy atom. The van der Waals surface area contributed by atoms with Gasteiger partial charge in [-0.25, -0.2) is 12.8 Å². The first-order chi connectivity index (χ1) is 10.8. The molecule has 1 amide bonds. The highest BCUT2D eigenvalue weighted by Crippen LogP contribution is 2.21. The molecule has 0 aliphatic heterocycles. The number of hydrogen-bond donors (Lipinski definition) is 2. The molecule has 0 aliphatic rings. The molecule has 0 heterocycles. The van der Waals surface area contributed by atoms with Gasteiger partial charge in [-0.05, 0) is 35.9 Å². The Morgan fingerprint density at radius 1 is 1.09 bits per heavy atom. The van der Waals surface area contributed by atoms with Gasteiger partial charge in [0.1, 0.15) is 5.82 Å². The molecule has 0 saturated carbocycles. The van der Waals surface area contributed by atoms with Crippen LogP contribution >= 0.6 is 0 Å². The molecule has 0 aromatic heterocycles. The van der Waals surface area contributed by atoms with E-state index in [-0.39, 0.29) is 5.69 Å². The Morgan fingerprint density at radius 2 is 1.78 bits per heavy atom. The highest BCUT2D eigenvalue weighted by atomic mass is 32.2. The van der Waals surface area contributed by atoms with Gasteiger partial charge in [0.05, 0.1) is 17.6 Å². The first-order valence-corrected chi connectivity index (χ1v) is 8.54. The lowest BCUT2D eigenvalue weighted by Gasteiger charge is -2.10. The van der Waals surface area contributed by atoms with Gasteiger partial charge in [-0.15, -0.1) is 0 Å². The van der Waals surface area contributed by atoms with Gasteiger partial charge in [0, 0.05) is 6.08 Å². The van der Waals surface area contributed by atoms with Gasteiger partial charge in [-0.1, -0.05) is 24.3 Å². The van der Waals surface area contributed by atoms with Crippen LogP contribution in [0.3, 0.4) is 0 Å². The molecular weight excluding hydrogens is 319 g/mol. The Hall–Kier alpha value is -2.67. The normalized spacial score (nSPS) is 11.4. The number of halogens is 1. The summed E-state index contributed by atoms with van der Waals surface area (Å²) in [7, 11) is -3.46. The van der Waals surface area contributed by atoms with Crippen molar-refractivity contribution in [3.63, 3.8) is 0 Å². The standard InChI is InChI=1S/C16H15FN2O3S/c1-23(21,22)19-15-8-3-2-7-14(15)18-16(20)10-9-12-5-4-6-13(17)11-12/h2-11,19H,1H3,(H,18,20)/b10-9+. The van der Waals surface area contributed by atoms with Crippen LogP contribution in [0.5, 0.6) is 0 Å². The Labute approximate surface area is 133 Å². The van der Waals surface area contributed by atoms with Gasteiger partial charge in [0.2, 0.25) is 15.9 Å². The van der Waals surface area contributed by atoms with Crippen LogP contribution in [0.1, 0.15) is 5.56 Å². The van der Waals surface area contributed by atoms with E-state index in [1.807, 2.05) is 0 Å². The molecular formula is C16H15FN2O3S. The molecule has 0 spiro atoms. The van der Waals surface area contributed by atoms with E-state index in [1.165, 1.54) is 36.4 Å². The molecule has 0 fully saturated rings. The smallest absolute Gasteiger partial charge is 0.248 e. The average Bonchev–Trinajstić information content (AvgIpc) is 2.46. The second-order valence-electron chi connectivity index (χ2n) is 4.80. The summed E-state index contributed by atoms with van der Waals surface area (Å²) in [6, 6.07) is 12.2. The van der Waals surface area contributed by atoms with Gasteiger partial charge in [0.25, 0.3) is 0 Å². The Bertz CT molecular complexity index is 848. The molecule has 2 aromatic rings. The van der Waals surface area contributed by atoms with Crippen molar-refractivity contribution in [2.75, 3.05) is 16.3 Å². The van der Waals surface area contributed by atoms with E-state index in [0.717, 1.165) is 6.26 Å². The first-order valence-electron chi connectivity index (χ1n) is 6.65. The first kappa shape index (κ1) is 16.7. The molecule has 23 heavy (non-hydrogen) atoms. The maximum absolute atomic E-state index is 13.0. The van der Waals surface area contributed by atoms with Crippen molar-refractivity contribution in [2.24, 2.45) is 0 Å². The van der Waals surface area contributed by atoms with Crippen molar-refractivity contribution < 1.29 is 17.6 Å².